The van der Waals surface area contributed by atoms with Crippen LogP contribution in [0, 0.1) is 0 Å². The van der Waals surface area contributed by atoms with Crippen LogP contribution >= 0.6 is 0 Å². The van der Waals surface area contributed by atoms with Crippen LogP contribution in [0.25, 0.3) is 0 Å². The molecule has 0 aromatic heterocycles. The molecule has 1 aromatic carbocycles. The number of anilines is 2. The normalized spacial score (nSPS) is 16.0. The number of benzene rings is 1. The van der Waals surface area contributed by atoms with Gasteiger partial charge in [0.2, 0.25) is 0 Å². The van der Waals surface area contributed by atoms with Gasteiger partial charge in [-0.15, -0.1) is 0 Å². The quantitative estimate of drug-likeness (QED) is 0.770. The minimum Gasteiger partial charge on any atom is -0.493 e. The zero-order valence-electron chi connectivity index (χ0n) is 12.7. The predicted octanol–water partition coefficient (Wildman–Crippen LogP) is 1.26. The van der Waals surface area contributed by atoms with Crippen molar-refractivity contribution in [3.8, 4) is 11.5 Å². The number of piperidine rings is 1. The van der Waals surface area contributed by atoms with Crippen LogP contribution in [-0.4, -0.2) is 51.7 Å². The zero-order valence-corrected chi connectivity index (χ0v) is 12.7. The number of methoxy groups -OCH3 is 2. The monoisotopic (exact) mass is 296 g/mol. The van der Waals surface area contributed by atoms with Crippen LogP contribution in [0.1, 0.15) is 12.8 Å². The molecule has 1 saturated heterocycles. The Hall–Kier alpha value is -1.66. The number of rotatable bonds is 6. The van der Waals surface area contributed by atoms with E-state index in [2.05, 4.69) is 4.90 Å². The molecule has 0 radical (unpaired) electrons. The fourth-order valence-electron chi connectivity index (χ4n) is 2.64. The molecule has 2 rings (SSSR count). The lowest BCUT2D eigenvalue weighted by atomic mass is 10.1. The SMILES string of the molecule is COc1cc(N)c(N2CCC(OCCO)CC2)cc1OC. The first-order valence-electron chi connectivity index (χ1n) is 7.18. The van der Waals surface area contributed by atoms with Crippen LogP contribution in [0.4, 0.5) is 11.4 Å². The summed E-state index contributed by atoms with van der Waals surface area (Å²) >= 11 is 0. The van der Waals surface area contributed by atoms with Crippen LogP contribution in [0.3, 0.4) is 0 Å². The van der Waals surface area contributed by atoms with Gasteiger partial charge in [-0.2, -0.15) is 0 Å². The molecular formula is C15H24N2O4. The highest BCUT2D eigenvalue weighted by Gasteiger charge is 2.22. The summed E-state index contributed by atoms with van der Waals surface area (Å²) in [4.78, 5) is 2.23. The molecule has 3 N–H and O–H groups in total. The fourth-order valence-corrected chi connectivity index (χ4v) is 2.64. The molecule has 118 valence electrons. The Bertz CT molecular complexity index is 459. The number of hydrogen-bond donors (Lipinski definition) is 2. The third-order valence-corrected chi connectivity index (χ3v) is 3.76. The summed E-state index contributed by atoms with van der Waals surface area (Å²) in [5.41, 5.74) is 7.77. The molecule has 0 saturated carbocycles. The summed E-state index contributed by atoms with van der Waals surface area (Å²) < 4.78 is 16.2. The number of nitrogens with zero attached hydrogens (tertiary/aromatic N) is 1. The zero-order chi connectivity index (χ0) is 15.2. The molecule has 1 aliphatic rings. The van der Waals surface area contributed by atoms with Crippen molar-refractivity contribution in [2.75, 3.05) is 51.2 Å². The number of nitrogens with two attached hydrogens (primary N) is 1. The van der Waals surface area contributed by atoms with Gasteiger partial charge in [0, 0.05) is 25.2 Å². The van der Waals surface area contributed by atoms with E-state index in [0.29, 0.717) is 23.8 Å². The predicted molar refractivity (Wildman–Crippen MR) is 82.2 cm³/mol. The van der Waals surface area contributed by atoms with Crippen LogP contribution in [-0.2, 0) is 4.74 Å². The minimum absolute atomic E-state index is 0.0723. The Labute approximate surface area is 125 Å². The van der Waals surface area contributed by atoms with Gasteiger partial charge < -0.3 is 30.0 Å². The van der Waals surface area contributed by atoms with Gasteiger partial charge in [0.1, 0.15) is 0 Å². The van der Waals surface area contributed by atoms with Crippen LogP contribution < -0.4 is 20.1 Å². The van der Waals surface area contributed by atoms with Crippen LogP contribution in [0.15, 0.2) is 12.1 Å². The highest BCUT2D eigenvalue weighted by Crippen LogP contribution is 2.37. The Morgan fingerprint density at radius 3 is 2.38 bits per heavy atom. The average molecular weight is 296 g/mol. The van der Waals surface area contributed by atoms with Gasteiger partial charge in [-0.3, -0.25) is 0 Å². The number of ether oxygens (including phenoxy) is 3. The first kappa shape index (κ1) is 15.7. The molecule has 6 nitrogen and oxygen atoms in total. The van der Waals surface area contributed by atoms with Gasteiger partial charge in [-0.05, 0) is 12.8 Å². The Kier molecular flexibility index (Phi) is 5.52. The molecule has 1 fully saturated rings. The van der Waals surface area contributed by atoms with Gasteiger partial charge in [-0.25, -0.2) is 0 Å². The standard InChI is InChI=1S/C15H24N2O4/c1-19-14-9-12(16)13(10-15(14)20-2)17-5-3-11(4-6-17)21-8-7-18/h9-11,18H,3-8,16H2,1-2H3. The molecule has 6 heteroatoms. The van der Waals surface area contributed by atoms with Gasteiger partial charge in [0.15, 0.2) is 11.5 Å². The van der Waals surface area contributed by atoms with E-state index in [0.717, 1.165) is 31.6 Å². The Morgan fingerprint density at radius 1 is 1.19 bits per heavy atom. The Balaban J connectivity index is 2.06. The lowest BCUT2D eigenvalue weighted by molar-refractivity contribution is 0.0159. The van der Waals surface area contributed by atoms with E-state index in [1.807, 2.05) is 6.07 Å². The molecule has 1 heterocycles. The van der Waals surface area contributed by atoms with E-state index in [9.17, 15) is 0 Å². The van der Waals surface area contributed by atoms with Gasteiger partial charge in [-0.1, -0.05) is 0 Å². The molecule has 0 spiro atoms. The minimum atomic E-state index is 0.0723. The fraction of sp³-hybridized carbons (Fsp3) is 0.600. The second-order valence-electron chi connectivity index (χ2n) is 5.05. The first-order valence-corrected chi connectivity index (χ1v) is 7.18. The summed E-state index contributed by atoms with van der Waals surface area (Å²) in [6.45, 7) is 2.22. The van der Waals surface area contributed by atoms with Crippen molar-refractivity contribution in [1.82, 2.24) is 0 Å². The molecule has 21 heavy (non-hydrogen) atoms. The van der Waals surface area contributed by atoms with E-state index in [1.165, 1.54) is 0 Å². The molecule has 0 aliphatic carbocycles. The van der Waals surface area contributed by atoms with Crippen LogP contribution in [0.2, 0.25) is 0 Å². The van der Waals surface area contributed by atoms with Crippen molar-refractivity contribution in [1.29, 1.82) is 0 Å². The summed E-state index contributed by atoms with van der Waals surface area (Å²) in [5.74, 6) is 1.32. The highest BCUT2D eigenvalue weighted by molar-refractivity contribution is 5.73. The molecule has 0 amide bonds. The van der Waals surface area contributed by atoms with Crippen molar-refractivity contribution in [3.63, 3.8) is 0 Å². The van der Waals surface area contributed by atoms with Crippen molar-refractivity contribution in [3.05, 3.63) is 12.1 Å². The summed E-state index contributed by atoms with van der Waals surface area (Å²) in [6, 6.07) is 3.71. The van der Waals surface area contributed by atoms with Crippen LogP contribution in [0.5, 0.6) is 11.5 Å². The second-order valence-corrected chi connectivity index (χ2v) is 5.05. The topological polar surface area (TPSA) is 77.2 Å². The Morgan fingerprint density at radius 2 is 1.81 bits per heavy atom. The van der Waals surface area contributed by atoms with E-state index in [4.69, 9.17) is 25.1 Å². The maximum atomic E-state index is 8.79. The van der Waals surface area contributed by atoms with E-state index >= 15 is 0 Å². The maximum Gasteiger partial charge on any atom is 0.162 e. The third kappa shape index (κ3) is 3.71. The molecule has 0 unspecified atom stereocenters. The van der Waals surface area contributed by atoms with Crippen molar-refractivity contribution in [2.24, 2.45) is 0 Å². The molecule has 0 bridgehead atoms. The molecular weight excluding hydrogens is 272 g/mol. The summed E-state index contributed by atoms with van der Waals surface area (Å²) in [7, 11) is 3.22. The average Bonchev–Trinajstić information content (AvgIpc) is 2.53. The van der Waals surface area contributed by atoms with Gasteiger partial charge in [0.25, 0.3) is 0 Å². The molecule has 1 aromatic rings. The number of hydrogen-bond acceptors (Lipinski definition) is 6. The van der Waals surface area contributed by atoms with Crippen molar-refractivity contribution in [2.45, 2.75) is 18.9 Å². The summed E-state index contributed by atoms with van der Waals surface area (Å²) in [5, 5.41) is 8.79. The van der Waals surface area contributed by atoms with Gasteiger partial charge >= 0.3 is 0 Å². The maximum absolute atomic E-state index is 8.79. The molecule has 0 atom stereocenters. The largest absolute Gasteiger partial charge is 0.493 e. The van der Waals surface area contributed by atoms with E-state index in [1.54, 1.807) is 20.3 Å². The number of aliphatic hydroxyl groups excluding tert-OH is 1. The van der Waals surface area contributed by atoms with Gasteiger partial charge in [0.05, 0.1) is 44.9 Å². The van der Waals surface area contributed by atoms with E-state index < -0.39 is 0 Å². The lowest BCUT2D eigenvalue weighted by Gasteiger charge is -2.34. The molecule has 1 aliphatic heterocycles. The number of nitrogen functional groups attached to an aromatic ring is 1. The third-order valence-electron chi connectivity index (χ3n) is 3.76. The number of aliphatic hydroxyl groups is 1. The smallest absolute Gasteiger partial charge is 0.162 e. The first-order chi connectivity index (χ1) is 10.2. The van der Waals surface area contributed by atoms with E-state index in [-0.39, 0.29) is 12.7 Å². The van der Waals surface area contributed by atoms with Crippen molar-refractivity contribution >= 4 is 11.4 Å². The van der Waals surface area contributed by atoms with Crippen molar-refractivity contribution < 1.29 is 19.3 Å². The summed E-state index contributed by atoms with van der Waals surface area (Å²) in [6.07, 6.45) is 2.07. The second kappa shape index (κ2) is 7.38. The lowest BCUT2D eigenvalue weighted by Crippen LogP contribution is -2.37. The highest BCUT2D eigenvalue weighted by atomic mass is 16.5.